The van der Waals surface area contributed by atoms with Gasteiger partial charge in [-0.15, -0.1) is 11.3 Å². The fourth-order valence-electron chi connectivity index (χ4n) is 3.80. The summed E-state index contributed by atoms with van der Waals surface area (Å²) in [6.45, 7) is 3.53. The van der Waals surface area contributed by atoms with Crippen LogP contribution in [-0.4, -0.2) is 25.6 Å². The van der Waals surface area contributed by atoms with E-state index in [1.165, 1.54) is 9.56 Å². The molecule has 0 saturated carbocycles. The third-order valence-electron chi connectivity index (χ3n) is 5.36. The molecule has 0 atom stereocenters. The minimum absolute atomic E-state index is 0.0397. The van der Waals surface area contributed by atoms with Gasteiger partial charge >= 0.3 is 5.69 Å². The number of fused-ring (bicyclic) bond motifs is 1. The molecule has 156 valence electrons. The summed E-state index contributed by atoms with van der Waals surface area (Å²) in [5, 5.41) is 16.2. The number of anilines is 1. The molecule has 2 heterocycles. The fraction of sp³-hybridized carbons (Fsp3) is 0.381. The predicted octanol–water partition coefficient (Wildman–Crippen LogP) is 3.98. The lowest BCUT2D eigenvalue weighted by atomic mass is 10.0. The lowest BCUT2D eigenvalue weighted by Crippen LogP contribution is -2.34. The first-order chi connectivity index (χ1) is 14.4. The first-order valence-corrected chi connectivity index (χ1v) is 10.8. The Morgan fingerprint density at radius 3 is 2.63 bits per heavy atom. The summed E-state index contributed by atoms with van der Waals surface area (Å²) in [6.07, 6.45) is 4.22. The van der Waals surface area contributed by atoms with Crippen molar-refractivity contribution in [2.24, 2.45) is 0 Å². The summed E-state index contributed by atoms with van der Waals surface area (Å²) < 4.78 is 1.42. The minimum Gasteiger partial charge on any atom is -0.282 e. The highest BCUT2D eigenvalue weighted by Crippen LogP contribution is 2.33. The van der Waals surface area contributed by atoms with Gasteiger partial charge in [0.2, 0.25) is 0 Å². The molecule has 9 heteroatoms. The van der Waals surface area contributed by atoms with E-state index in [4.69, 9.17) is 4.98 Å². The van der Waals surface area contributed by atoms with Crippen LogP contribution in [0.1, 0.15) is 40.4 Å². The molecule has 8 nitrogen and oxygen atoms in total. The number of thiazole rings is 1. The minimum atomic E-state index is -0.449. The number of aromatic nitrogens is 3. The molecule has 3 aromatic rings. The van der Waals surface area contributed by atoms with Crippen LogP contribution in [0.25, 0.3) is 0 Å². The molecule has 0 bridgehead atoms. The van der Waals surface area contributed by atoms with Gasteiger partial charge in [-0.3, -0.25) is 24.5 Å². The number of carbonyl (C=O) groups is 1. The zero-order chi connectivity index (χ0) is 21.3. The van der Waals surface area contributed by atoms with E-state index in [-0.39, 0.29) is 18.1 Å². The standard InChI is InChI=1S/C21H23N5O3S/c1-14-20(26(28)29)15(2)25(23-14)13-19(27)24(12-16-8-4-3-5-9-16)21-22-17-10-6-7-11-18(17)30-21/h3-5,8-9H,6-7,10-13H2,1-2H3. The number of carbonyl (C=O) groups excluding carboxylic acids is 1. The van der Waals surface area contributed by atoms with Crippen LogP contribution in [-0.2, 0) is 30.7 Å². The summed E-state index contributed by atoms with van der Waals surface area (Å²) in [5.41, 5.74) is 2.74. The van der Waals surface area contributed by atoms with Crippen LogP contribution in [0.15, 0.2) is 30.3 Å². The maximum atomic E-state index is 13.3. The highest BCUT2D eigenvalue weighted by Gasteiger charge is 2.27. The van der Waals surface area contributed by atoms with Gasteiger partial charge in [0, 0.05) is 4.88 Å². The van der Waals surface area contributed by atoms with Gasteiger partial charge in [0.15, 0.2) is 5.13 Å². The van der Waals surface area contributed by atoms with Crippen molar-refractivity contribution in [3.05, 3.63) is 68.0 Å². The van der Waals surface area contributed by atoms with Gasteiger partial charge in [-0.25, -0.2) is 4.98 Å². The second kappa shape index (κ2) is 8.35. The molecule has 1 amide bonds. The van der Waals surface area contributed by atoms with E-state index in [1.807, 2.05) is 30.3 Å². The van der Waals surface area contributed by atoms with Crippen LogP contribution in [0, 0.1) is 24.0 Å². The van der Waals surface area contributed by atoms with Crippen molar-refractivity contribution in [3.63, 3.8) is 0 Å². The molecule has 0 radical (unpaired) electrons. The number of hydrogen-bond donors (Lipinski definition) is 0. The average Bonchev–Trinajstić information content (AvgIpc) is 3.27. The van der Waals surface area contributed by atoms with E-state index in [0.29, 0.717) is 23.1 Å². The number of rotatable bonds is 6. The maximum Gasteiger partial charge on any atom is 0.312 e. The molecule has 0 aliphatic heterocycles. The fourth-order valence-corrected chi connectivity index (χ4v) is 4.97. The smallest absolute Gasteiger partial charge is 0.282 e. The molecular weight excluding hydrogens is 402 g/mol. The molecule has 4 rings (SSSR count). The quantitative estimate of drug-likeness (QED) is 0.440. The van der Waals surface area contributed by atoms with Crippen molar-refractivity contribution >= 4 is 28.1 Å². The third-order valence-corrected chi connectivity index (χ3v) is 6.54. The molecule has 0 N–H and O–H groups in total. The van der Waals surface area contributed by atoms with Crippen molar-refractivity contribution in [1.82, 2.24) is 14.8 Å². The maximum absolute atomic E-state index is 13.3. The largest absolute Gasteiger partial charge is 0.312 e. The van der Waals surface area contributed by atoms with Crippen molar-refractivity contribution in [2.45, 2.75) is 52.6 Å². The van der Waals surface area contributed by atoms with Gasteiger partial charge in [0.05, 0.1) is 17.2 Å². The summed E-state index contributed by atoms with van der Waals surface area (Å²) in [7, 11) is 0. The van der Waals surface area contributed by atoms with Crippen LogP contribution >= 0.6 is 11.3 Å². The van der Waals surface area contributed by atoms with E-state index in [2.05, 4.69) is 5.10 Å². The number of aryl methyl sites for hydroxylation is 3. The molecular formula is C21H23N5O3S. The molecule has 2 aromatic heterocycles. The Labute approximate surface area is 178 Å². The van der Waals surface area contributed by atoms with Gasteiger partial charge < -0.3 is 0 Å². The first-order valence-electron chi connectivity index (χ1n) is 9.95. The zero-order valence-corrected chi connectivity index (χ0v) is 17.8. The highest BCUT2D eigenvalue weighted by molar-refractivity contribution is 7.15. The summed E-state index contributed by atoms with van der Waals surface area (Å²) in [5.74, 6) is -0.189. The number of nitrogens with zero attached hydrogens (tertiary/aromatic N) is 5. The molecule has 0 spiro atoms. The monoisotopic (exact) mass is 425 g/mol. The molecule has 0 saturated heterocycles. The number of benzene rings is 1. The van der Waals surface area contributed by atoms with Crippen LogP contribution in [0.4, 0.5) is 10.8 Å². The third kappa shape index (κ3) is 3.97. The lowest BCUT2D eigenvalue weighted by Gasteiger charge is -2.20. The summed E-state index contributed by atoms with van der Waals surface area (Å²) in [4.78, 5) is 31.9. The van der Waals surface area contributed by atoms with Crippen molar-refractivity contribution in [1.29, 1.82) is 0 Å². The normalized spacial score (nSPS) is 13.1. The van der Waals surface area contributed by atoms with Gasteiger partial charge in [-0.05, 0) is 45.1 Å². The molecule has 0 fully saturated rings. The number of hydrogen-bond acceptors (Lipinski definition) is 6. The molecule has 0 unspecified atom stereocenters. The van der Waals surface area contributed by atoms with Crippen LogP contribution < -0.4 is 4.90 Å². The molecule has 30 heavy (non-hydrogen) atoms. The Bertz CT molecular complexity index is 1070. The number of nitro groups is 1. The molecule has 1 aliphatic carbocycles. The molecule has 1 aromatic carbocycles. The van der Waals surface area contributed by atoms with Crippen LogP contribution in [0.5, 0.6) is 0 Å². The van der Waals surface area contributed by atoms with Gasteiger partial charge in [0.1, 0.15) is 17.9 Å². The van der Waals surface area contributed by atoms with Gasteiger partial charge in [-0.1, -0.05) is 30.3 Å². The van der Waals surface area contributed by atoms with Crippen LogP contribution in [0.3, 0.4) is 0 Å². The van der Waals surface area contributed by atoms with E-state index in [9.17, 15) is 14.9 Å². The number of amides is 1. The average molecular weight is 426 g/mol. The van der Waals surface area contributed by atoms with Crippen molar-refractivity contribution in [3.8, 4) is 0 Å². The summed E-state index contributed by atoms with van der Waals surface area (Å²) >= 11 is 1.58. The predicted molar refractivity (Wildman–Crippen MR) is 115 cm³/mol. The van der Waals surface area contributed by atoms with Crippen LogP contribution in [0.2, 0.25) is 0 Å². The van der Waals surface area contributed by atoms with Gasteiger partial charge in [-0.2, -0.15) is 5.10 Å². The van der Waals surface area contributed by atoms with E-state index >= 15 is 0 Å². The Morgan fingerprint density at radius 2 is 1.97 bits per heavy atom. The Hall–Kier alpha value is -3.07. The lowest BCUT2D eigenvalue weighted by molar-refractivity contribution is -0.386. The first kappa shape index (κ1) is 20.2. The second-order valence-corrected chi connectivity index (χ2v) is 8.54. The SMILES string of the molecule is Cc1nn(CC(=O)N(Cc2ccccc2)c2nc3c(s2)CCCC3)c(C)c1[N+](=O)[O-]. The Balaban J connectivity index is 1.65. The van der Waals surface area contributed by atoms with E-state index < -0.39 is 4.92 Å². The highest BCUT2D eigenvalue weighted by atomic mass is 32.1. The molecule has 1 aliphatic rings. The topological polar surface area (TPSA) is 94.2 Å². The Morgan fingerprint density at radius 1 is 1.23 bits per heavy atom. The van der Waals surface area contributed by atoms with Crippen molar-refractivity contribution < 1.29 is 9.72 Å². The zero-order valence-electron chi connectivity index (χ0n) is 17.0. The van der Waals surface area contributed by atoms with Crippen molar-refractivity contribution in [2.75, 3.05) is 4.90 Å². The van der Waals surface area contributed by atoms with E-state index in [0.717, 1.165) is 36.9 Å². The Kier molecular flexibility index (Phi) is 5.63. The second-order valence-electron chi connectivity index (χ2n) is 7.47. The van der Waals surface area contributed by atoms with Gasteiger partial charge in [0.25, 0.3) is 5.91 Å². The summed E-state index contributed by atoms with van der Waals surface area (Å²) in [6, 6.07) is 9.77. The van der Waals surface area contributed by atoms with E-state index in [1.54, 1.807) is 30.1 Å².